The lowest BCUT2D eigenvalue weighted by atomic mass is 10.3. The van der Waals surface area contributed by atoms with Crippen LogP contribution in [0.1, 0.15) is 11.9 Å². The number of thiazole rings is 1. The maximum atomic E-state index is 13.3. The third-order valence-electron chi connectivity index (χ3n) is 4.30. The van der Waals surface area contributed by atoms with Gasteiger partial charge in [0.05, 0.1) is 17.0 Å². The smallest absolute Gasteiger partial charge is 0.287 e. The van der Waals surface area contributed by atoms with E-state index in [1.807, 2.05) is 35.7 Å². The van der Waals surface area contributed by atoms with Crippen LogP contribution >= 0.6 is 22.9 Å². The highest BCUT2D eigenvalue weighted by Gasteiger charge is 2.21. The molecule has 0 aliphatic carbocycles. The highest BCUT2D eigenvalue weighted by atomic mass is 35.5. The summed E-state index contributed by atoms with van der Waals surface area (Å²) in [5, 5.41) is 3.48. The molecule has 0 aliphatic rings. The molecule has 0 atom stereocenters. The van der Waals surface area contributed by atoms with Crippen LogP contribution in [0.5, 0.6) is 0 Å². The van der Waals surface area contributed by atoms with E-state index in [4.69, 9.17) is 16.6 Å². The minimum atomic E-state index is -0.233. The molecule has 0 unspecified atom stereocenters. The van der Waals surface area contributed by atoms with Crippen molar-refractivity contribution in [2.24, 2.45) is 0 Å². The summed E-state index contributed by atoms with van der Waals surface area (Å²) in [7, 11) is 1.85. The topological polar surface area (TPSA) is 68.8 Å². The van der Waals surface area contributed by atoms with Crippen LogP contribution in [0.25, 0.3) is 16.9 Å². The summed E-state index contributed by atoms with van der Waals surface area (Å²) in [6, 6.07) is 7.07. The number of nitrogens with zero attached hydrogens (tertiary/aromatic N) is 6. The van der Waals surface area contributed by atoms with Crippen molar-refractivity contribution in [1.29, 1.82) is 0 Å². The number of rotatable bonds is 4. The molecule has 0 N–H and O–H groups in total. The molecule has 4 aromatic rings. The Morgan fingerprint density at radius 3 is 2.59 bits per heavy atom. The minimum Gasteiger partial charge on any atom is -0.315 e. The first kappa shape index (κ1) is 17.7. The lowest BCUT2D eigenvalue weighted by Gasteiger charge is -2.20. The first-order valence-electron chi connectivity index (χ1n) is 8.39. The molecule has 0 saturated heterocycles. The summed E-state index contributed by atoms with van der Waals surface area (Å²) in [5.41, 5.74) is 1.32. The van der Waals surface area contributed by atoms with Gasteiger partial charge in [-0.15, -0.1) is 11.3 Å². The van der Waals surface area contributed by atoms with Crippen LogP contribution in [0.4, 0.5) is 11.8 Å². The van der Waals surface area contributed by atoms with E-state index in [0.717, 1.165) is 10.8 Å². The molecular formula is C18H17ClN6OS. The van der Waals surface area contributed by atoms with Crippen LogP contribution in [0, 0.1) is 6.92 Å². The Morgan fingerprint density at radius 2 is 1.96 bits per heavy atom. The molecule has 138 valence electrons. The molecule has 0 saturated carbocycles. The van der Waals surface area contributed by atoms with E-state index in [2.05, 4.69) is 9.97 Å². The minimum absolute atomic E-state index is 0.233. The summed E-state index contributed by atoms with van der Waals surface area (Å²) in [4.78, 5) is 28.7. The van der Waals surface area contributed by atoms with Gasteiger partial charge in [-0.05, 0) is 38.1 Å². The molecular weight excluding hydrogens is 384 g/mol. The van der Waals surface area contributed by atoms with Gasteiger partial charge in [-0.1, -0.05) is 11.6 Å². The Balaban J connectivity index is 2.03. The lowest BCUT2D eigenvalue weighted by Crippen LogP contribution is -2.27. The summed E-state index contributed by atoms with van der Waals surface area (Å²) >= 11 is 7.56. The summed E-state index contributed by atoms with van der Waals surface area (Å²) in [5.74, 6) is 1.20. The Labute approximate surface area is 164 Å². The van der Waals surface area contributed by atoms with Gasteiger partial charge in [0.2, 0.25) is 5.95 Å². The first-order valence-corrected chi connectivity index (χ1v) is 9.65. The number of hydrogen-bond acceptors (Lipinski definition) is 6. The van der Waals surface area contributed by atoms with Crippen LogP contribution in [-0.2, 0) is 6.54 Å². The van der Waals surface area contributed by atoms with Crippen LogP contribution in [-0.4, -0.2) is 31.1 Å². The number of hydrogen-bond donors (Lipinski definition) is 0. The number of fused-ring (bicyclic) bond motifs is 1. The monoisotopic (exact) mass is 400 g/mol. The van der Waals surface area contributed by atoms with Crippen LogP contribution in [0.15, 0.2) is 40.8 Å². The van der Waals surface area contributed by atoms with Gasteiger partial charge in [-0.25, -0.2) is 14.5 Å². The second kappa shape index (κ2) is 6.79. The molecule has 4 rings (SSSR count). The maximum Gasteiger partial charge on any atom is 0.287 e. The van der Waals surface area contributed by atoms with Crippen molar-refractivity contribution in [3.63, 3.8) is 0 Å². The molecule has 0 bridgehead atoms. The van der Waals surface area contributed by atoms with Crippen LogP contribution < -0.4 is 10.5 Å². The van der Waals surface area contributed by atoms with Gasteiger partial charge in [0.15, 0.2) is 11.2 Å². The fourth-order valence-corrected chi connectivity index (χ4v) is 3.63. The lowest BCUT2D eigenvalue weighted by molar-refractivity contribution is 0.774. The van der Waals surface area contributed by atoms with Gasteiger partial charge in [0, 0.05) is 24.0 Å². The zero-order chi connectivity index (χ0) is 19.1. The van der Waals surface area contributed by atoms with Crippen LogP contribution in [0.3, 0.4) is 0 Å². The second-order valence-electron chi connectivity index (χ2n) is 6.02. The van der Waals surface area contributed by atoms with Crippen molar-refractivity contribution in [3.05, 3.63) is 56.4 Å². The molecule has 0 spiro atoms. The van der Waals surface area contributed by atoms with Crippen molar-refractivity contribution in [2.45, 2.75) is 20.4 Å². The highest BCUT2D eigenvalue weighted by Crippen LogP contribution is 2.26. The molecule has 3 heterocycles. The Bertz CT molecular complexity index is 1180. The molecule has 0 fully saturated rings. The fraction of sp³-hybridized carbons (Fsp3) is 0.222. The quantitative estimate of drug-likeness (QED) is 0.521. The Morgan fingerprint density at radius 1 is 1.22 bits per heavy atom. The molecule has 0 amide bonds. The molecule has 9 heteroatoms. The average molecular weight is 401 g/mol. The second-order valence-corrected chi connectivity index (χ2v) is 7.51. The fourth-order valence-electron chi connectivity index (χ4n) is 2.87. The normalized spacial score (nSPS) is 11.3. The third kappa shape index (κ3) is 3.00. The predicted octanol–water partition coefficient (Wildman–Crippen LogP) is 3.79. The third-order valence-corrected chi connectivity index (χ3v) is 5.31. The van der Waals surface area contributed by atoms with E-state index in [1.54, 1.807) is 46.5 Å². The molecule has 27 heavy (non-hydrogen) atoms. The van der Waals surface area contributed by atoms with E-state index in [0.29, 0.717) is 34.4 Å². The van der Waals surface area contributed by atoms with Crippen LogP contribution in [0.2, 0.25) is 5.02 Å². The summed E-state index contributed by atoms with van der Waals surface area (Å²) in [6.07, 6.45) is 1.64. The number of benzene rings is 1. The molecule has 3 aromatic heterocycles. The number of halogens is 1. The number of imidazole rings is 1. The van der Waals surface area contributed by atoms with Gasteiger partial charge in [0.1, 0.15) is 5.82 Å². The number of anilines is 2. The van der Waals surface area contributed by atoms with E-state index >= 15 is 0 Å². The molecule has 0 radical (unpaired) electrons. The van der Waals surface area contributed by atoms with E-state index in [-0.39, 0.29) is 5.56 Å². The van der Waals surface area contributed by atoms with Crippen molar-refractivity contribution in [1.82, 2.24) is 24.1 Å². The van der Waals surface area contributed by atoms with Gasteiger partial charge in [-0.3, -0.25) is 9.69 Å². The summed E-state index contributed by atoms with van der Waals surface area (Å²) in [6.45, 7) is 4.60. The number of aryl methyl sites for hydroxylation is 2. The van der Waals surface area contributed by atoms with Crippen molar-refractivity contribution < 1.29 is 0 Å². The van der Waals surface area contributed by atoms with Crippen molar-refractivity contribution >= 4 is 45.9 Å². The molecule has 0 aliphatic heterocycles. The summed E-state index contributed by atoms with van der Waals surface area (Å²) < 4.78 is 3.40. The van der Waals surface area contributed by atoms with E-state index < -0.39 is 0 Å². The average Bonchev–Trinajstić information content (AvgIpc) is 3.28. The standard InChI is InChI=1S/C18H17ClN6OS/c1-4-24-10-20-15-16(24)22-18(23(3)14-9-27-11(2)21-14)25(17(15)26)13-7-5-12(19)6-8-13/h5-10H,4H2,1-3H3. The van der Waals surface area contributed by atoms with E-state index in [1.165, 1.54) is 0 Å². The number of aromatic nitrogens is 5. The Kier molecular flexibility index (Phi) is 4.45. The van der Waals surface area contributed by atoms with Gasteiger partial charge >= 0.3 is 0 Å². The van der Waals surface area contributed by atoms with Gasteiger partial charge < -0.3 is 4.57 Å². The molecule has 7 nitrogen and oxygen atoms in total. The zero-order valence-electron chi connectivity index (χ0n) is 15.0. The Hall–Kier alpha value is -2.71. The zero-order valence-corrected chi connectivity index (χ0v) is 16.6. The highest BCUT2D eigenvalue weighted by molar-refractivity contribution is 7.09. The predicted molar refractivity (Wildman–Crippen MR) is 109 cm³/mol. The van der Waals surface area contributed by atoms with Crippen molar-refractivity contribution in [2.75, 3.05) is 11.9 Å². The van der Waals surface area contributed by atoms with E-state index in [9.17, 15) is 4.79 Å². The van der Waals surface area contributed by atoms with Gasteiger partial charge in [0.25, 0.3) is 5.56 Å². The SMILES string of the molecule is CCn1cnc2c(=O)n(-c3ccc(Cl)cc3)c(N(C)c3csc(C)n3)nc21. The largest absolute Gasteiger partial charge is 0.315 e. The first-order chi connectivity index (χ1) is 13.0. The molecule has 1 aromatic carbocycles. The van der Waals surface area contributed by atoms with Crippen molar-refractivity contribution in [3.8, 4) is 5.69 Å². The maximum absolute atomic E-state index is 13.3. The van der Waals surface area contributed by atoms with Gasteiger partial charge in [-0.2, -0.15) is 4.98 Å².